The summed E-state index contributed by atoms with van der Waals surface area (Å²) in [6, 6.07) is 5.61. The van der Waals surface area contributed by atoms with Crippen molar-refractivity contribution in [2.45, 2.75) is 71.1 Å². The Hall–Kier alpha value is -2.87. The Morgan fingerprint density at radius 2 is 2.09 bits per heavy atom. The average Bonchev–Trinajstić information content (AvgIpc) is 3.30. The Balaban J connectivity index is 1.45. The van der Waals surface area contributed by atoms with E-state index < -0.39 is 23.7 Å². The third kappa shape index (κ3) is 4.80. The van der Waals surface area contributed by atoms with Gasteiger partial charge in [-0.05, 0) is 58.6 Å². The molecular weight excluding hydrogens is 408 g/mol. The van der Waals surface area contributed by atoms with Gasteiger partial charge in [-0.25, -0.2) is 9.78 Å². The molecule has 3 heterocycles. The molecule has 32 heavy (non-hydrogen) atoms. The number of hydrogen-bond donors (Lipinski definition) is 2. The van der Waals surface area contributed by atoms with Crippen LogP contribution in [0.3, 0.4) is 0 Å². The zero-order chi connectivity index (χ0) is 23.0. The van der Waals surface area contributed by atoms with E-state index in [0.717, 1.165) is 29.9 Å². The van der Waals surface area contributed by atoms with Gasteiger partial charge >= 0.3 is 12.1 Å². The molecule has 0 aliphatic carbocycles. The molecule has 8 nitrogen and oxygen atoms in total. The second-order valence-electron chi connectivity index (χ2n) is 9.83. The van der Waals surface area contributed by atoms with Gasteiger partial charge < -0.3 is 19.7 Å². The lowest BCUT2D eigenvalue weighted by Crippen LogP contribution is -2.45. The van der Waals surface area contributed by atoms with E-state index in [1.54, 1.807) is 0 Å². The van der Waals surface area contributed by atoms with Gasteiger partial charge in [-0.1, -0.05) is 17.7 Å². The normalized spacial score (nSPS) is 19.2. The van der Waals surface area contributed by atoms with Crippen molar-refractivity contribution in [3.8, 4) is 5.69 Å². The number of fused-ring (bicyclic) bond motifs is 3. The highest BCUT2D eigenvalue weighted by Crippen LogP contribution is 2.28. The van der Waals surface area contributed by atoms with Gasteiger partial charge in [0.2, 0.25) is 0 Å². The van der Waals surface area contributed by atoms with Gasteiger partial charge in [0.25, 0.3) is 0 Å². The number of imidazole rings is 1. The van der Waals surface area contributed by atoms with Crippen LogP contribution in [-0.4, -0.2) is 62.4 Å². The first-order chi connectivity index (χ1) is 15.1. The van der Waals surface area contributed by atoms with Crippen LogP contribution in [-0.2, 0) is 28.8 Å². The second-order valence-corrected chi connectivity index (χ2v) is 9.83. The van der Waals surface area contributed by atoms with Crippen LogP contribution in [0.15, 0.2) is 24.5 Å². The lowest BCUT2D eigenvalue weighted by atomic mass is 9.97. The van der Waals surface area contributed by atoms with Crippen molar-refractivity contribution < 1.29 is 19.4 Å². The SMILES string of the molecule is Cc1ccc2c(c1)CCc1c(C[C@@H](C(=O)O)N3CC[C@H](NC(=O)OC(C)(C)C)C3)ncn1-2. The van der Waals surface area contributed by atoms with Gasteiger partial charge in [-0.3, -0.25) is 9.69 Å². The summed E-state index contributed by atoms with van der Waals surface area (Å²) < 4.78 is 7.43. The smallest absolute Gasteiger partial charge is 0.407 e. The number of hydrogen-bond acceptors (Lipinski definition) is 5. The average molecular weight is 441 g/mol. The van der Waals surface area contributed by atoms with E-state index in [4.69, 9.17) is 4.74 Å². The molecule has 2 aliphatic heterocycles. The molecule has 0 spiro atoms. The molecule has 172 valence electrons. The summed E-state index contributed by atoms with van der Waals surface area (Å²) in [5.41, 5.74) is 5.03. The maximum absolute atomic E-state index is 12.1. The third-order valence-electron chi connectivity index (χ3n) is 6.13. The number of nitrogens with zero attached hydrogens (tertiary/aromatic N) is 3. The van der Waals surface area contributed by atoms with Crippen LogP contribution in [0.2, 0.25) is 0 Å². The van der Waals surface area contributed by atoms with Crippen LogP contribution in [0.5, 0.6) is 0 Å². The largest absolute Gasteiger partial charge is 0.480 e. The number of amides is 1. The molecule has 1 aromatic heterocycles. The number of carbonyl (C=O) groups excluding carboxylic acids is 1. The van der Waals surface area contributed by atoms with Crippen molar-refractivity contribution in [1.82, 2.24) is 19.8 Å². The maximum atomic E-state index is 12.1. The number of carboxylic acid groups (broad SMARTS) is 1. The highest BCUT2D eigenvalue weighted by atomic mass is 16.6. The molecular formula is C24H32N4O4. The first-order valence-corrected chi connectivity index (χ1v) is 11.2. The summed E-state index contributed by atoms with van der Waals surface area (Å²) in [5, 5.41) is 12.8. The number of carboxylic acids is 1. The number of rotatable bonds is 5. The van der Waals surface area contributed by atoms with Crippen molar-refractivity contribution in [2.75, 3.05) is 13.1 Å². The second kappa shape index (κ2) is 8.58. The van der Waals surface area contributed by atoms with Crippen molar-refractivity contribution >= 4 is 12.1 Å². The van der Waals surface area contributed by atoms with E-state index in [1.165, 1.54) is 11.1 Å². The van der Waals surface area contributed by atoms with Gasteiger partial charge in [0.1, 0.15) is 11.6 Å². The van der Waals surface area contributed by atoms with E-state index in [1.807, 2.05) is 32.0 Å². The molecule has 0 unspecified atom stereocenters. The highest BCUT2D eigenvalue weighted by molar-refractivity contribution is 5.74. The molecule has 0 radical (unpaired) electrons. The van der Waals surface area contributed by atoms with Crippen LogP contribution in [0.4, 0.5) is 4.79 Å². The minimum absolute atomic E-state index is 0.127. The zero-order valence-corrected chi connectivity index (χ0v) is 19.2. The summed E-state index contributed by atoms with van der Waals surface area (Å²) in [7, 11) is 0. The summed E-state index contributed by atoms with van der Waals surface area (Å²) in [6.07, 6.45) is 4.16. The monoisotopic (exact) mass is 440 g/mol. The quantitative estimate of drug-likeness (QED) is 0.742. The van der Waals surface area contributed by atoms with Crippen LogP contribution in [0.1, 0.15) is 49.7 Å². The molecule has 1 aromatic carbocycles. The summed E-state index contributed by atoms with van der Waals surface area (Å²) in [4.78, 5) is 30.8. The van der Waals surface area contributed by atoms with Gasteiger partial charge in [0.05, 0.1) is 12.0 Å². The molecule has 1 saturated heterocycles. The first-order valence-electron chi connectivity index (χ1n) is 11.2. The number of benzene rings is 1. The Morgan fingerprint density at radius 3 is 2.81 bits per heavy atom. The van der Waals surface area contributed by atoms with E-state index >= 15 is 0 Å². The fourth-order valence-electron chi connectivity index (χ4n) is 4.67. The predicted molar refractivity (Wildman–Crippen MR) is 120 cm³/mol. The van der Waals surface area contributed by atoms with Crippen LogP contribution < -0.4 is 5.32 Å². The number of alkyl carbamates (subject to hydrolysis) is 1. The van der Waals surface area contributed by atoms with Gasteiger partial charge in [0.15, 0.2) is 0 Å². The minimum atomic E-state index is -0.864. The summed E-state index contributed by atoms with van der Waals surface area (Å²) in [5.74, 6) is -0.864. The molecule has 8 heteroatoms. The zero-order valence-electron chi connectivity index (χ0n) is 19.2. The Kier molecular flexibility index (Phi) is 5.99. The van der Waals surface area contributed by atoms with Crippen LogP contribution in [0, 0.1) is 6.92 Å². The van der Waals surface area contributed by atoms with Crippen LogP contribution >= 0.6 is 0 Å². The van der Waals surface area contributed by atoms with E-state index in [0.29, 0.717) is 25.9 Å². The minimum Gasteiger partial charge on any atom is -0.480 e. The van der Waals surface area contributed by atoms with Crippen molar-refractivity contribution in [1.29, 1.82) is 0 Å². The molecule has 2 atom stereocenters. The molecule has 2 aromatic rings. The molecule has 1 amide bonds. The number of aliphatic carboxylic acids is 1. The molecule has 2 N–H and O–H groups in total. The van der Waals surface area contributed by atoms with E-state index in [9.17, 15) is 14.7 Å². The molecule has 0 saturated carbocycles. The molecule has 0 bridgehead atoms. The van der Waals surface area contributed by atoms with Crippen LogP contribution in [0.25, 0.3) is 5.69 Å². The summed E-state index contributed by atoms with van der Waals surface area (Å²) >= 11 is 0. The fourth-order valence-corrected chi connectivity index (χ4v) is 4.67. The van der Waals surface area contributed by atoms with Crippen molar-refractivity contribution in [3.63, 3.8) is 0 Å². The number of likely N-dealkylation sites (tertiary alicyclic amines) is 1. The van der Waals surface area contributed by atoms with Gasteiger partial charge in [-0.15, -0.1) is 0 Å². The molecule has 1 fully saturated rings. The lowest BCUT2D eigenvalue weighted by Gasteiger charge is -2.25. The highest BCUT2D eigenvalue weighted by Gasteiger charge is 2.35. The number of carbonyl (C=O) groups is 2. The molecule has 2 aliphatic rings. The van der Waals surface area contributed by atoms with Crippen molar-refractivity contribution in [2.24, 2.45) is 0 Å². The number of nitrogens with one attached hydrogen (secondary N) is 1. The van der Waals surface area contributed by atoms with Gasteiger partial charge in [0, 0.05) is 36.9 Å². The Bertz CT molecular complexity index is 1020. The first kappa shape index (κ1) is 22.3. The number of aromatic nitrogens is 2. The van der Waals surface area contributed by atoms with E-state index in [-0.39, 0.29) is 6.04 Å². The fraction of sp³-hybridized carbons (Fsp3) is 0.542. The third-order valence-corrected chi connectivity index (χ3v) is 6.13. The van der Waals surface area contributed by atoms with Crippen molar-refractivity contribution in [3.05, 3.63) is 47.0 Å². The van der Waals surface area contributed by atoms with E-state index in [2.05, 4.69) is 40.0 Å². The standard InChI is InChI=1S/C24H32N4O4/c1-15-5-7-19-16(11-15)6-8-20-18(25-14-28(19)20)12-21(22(29)30)27-10-9-17(13-27)26-23(31)32-24(2,3)4/h5,7,11,14,17,21H,6,8-10,12-13H2,1-4H3,(H,26,31)(H,29,30)/t17-,21-/m0/s1. The maximum Gasteiger partial charge on any atom is 0.407 e. The Morgan fingerprint density at radius 1 is 1.31 bits per heavy atom. The van der Waals surface area contributed by atoms with Gasteiger partial charge in [-0.2, -0.15) is 0 Å². The predicted octanol–water partition coefficient (Wildman–Crippen LogP) is 2.87. The molecule has 4 rings (SSSR count). The number of aryl methyl sites for hydroxylation is 2. The Labute approximate surface area is 188 Å². The number of ether oxygens (including phenoxy) is 1. The topological polar surface area (TPSA) is 96.7 Å². The lowest BCUT2D eigenvalue weighted by molar-refractivity contribution is -0.142. The summed E-state index contributed by atoms with van der Waals surface area (Å²) in [6.45, 7) is 8.63.